The first-order chi connectivity index (χ1) is 14.1. The lowest BCUT2D eigenvalue weighted by Crippen LogP contribution is -2.42. The molecule has 3 N–H and O–H groups in total. The Hall–Kier alpha value is -3.38. The number of aliphatic hydroxyl groups is 1. The molecule has 1 aliphatic heterocycles. The lowest BCUT2D eigenvalue weighted by molar-refractivity contribution is -0.00177. The van der Waals surface area contributed by atoms with Gasteiger partial charge in [0.05, 0.1) is 35.0 Å². The van der Waals surface area contributed by atoms with E-state index in [0.717, 1.165) is 0 Å². The largest absolute Gasteiger partial charge is 0.445 e. The van der Waals surface area contributed by atoms with E-state index < -0.39 is 17.7 Å². The molecule has 2 heterocycles. The van der Waals surface area contributed by atoms with E-state index in [-0.39, 0.29) is 29.8 Å². The van der Waals surface area contributed by atoms with Crippen LogP contribution in [-0.2, 0) is 0 Å². The van der Waals surface area contributed by atoms with Crippen LogP contribution in [0.5, 0.6) is 23.1 Å². The molecule has 1 aromatic heterocycles. The number of anilines is 1. The monoisotopic (exact) mass is 414 g/mol. The molecule has 0 saturated heterocycles. The van der Waals surface area contributed by atoms with Gasteiger partial charge in [-0.15, -0.1) is 0 Å². The van der Waals surface area contributed by atoms with E-state index in [1.54, 1.807) is 12.1 Å². The molecule has 30 heavy (non-hydrogen) atoms. The summed E-state index contributed by atoms with van der Waals surface area (Å²) in [5.74, 6) is 0.491. The van der Waals surface area contributed by atoms with Gasteiger partial charge in [-0.2, -0.15) is 5.26 Å². The molecule has 0 spiro atoms. The fraction of sp³-hybridized carbons (Fsp3) is 0.381. The highest BCUT2D eigenvalue weighted by molar-refractivity contribution is 6.01. The molecule has 0 saturated carbocycles. The van der Waals surface area contributed by atoms with E-state index in [1.807, 2.05) is 19.9 Å². The van der Waals surface area contributed by atoms with Gasteiger partial charge >= 0.3 is 0 Å². The van der Waals surface area contributed by atoms with E-state index in [1.165, 1.54) is 26.1 Å². The highest BCUT2D eigenvalue weighted by Crippen LogP contribution is 2.49. The molecule has 9 heteroatoms. The summed E-state index contributed by atoms with van der Waals surface area (Å²) in [6.07, 6.45) is -0.340. The van der Waals surface area contributed by atoms with Crippen LogP contribution in [0.2, 0.25) is 0 Å². The third kappa shape index (κ3) is 4.44. The average Bonchev–Trinajstić information content (AvgIpc) is 2.69. The van der Waals surface area contributed by atoms with Crippen LogP contribution in [0.3, 0.4) is 0 Å². The summed E-state index contributed by atoms with van der Waals surface area (Å²) in [5, 5.41) is 24.4. The van der Waals surface area contributed by atoms with Crippen molar-refractivity contribution in [2.45, 2.75) is 45.5 Å². The second-order valence-corrected chi connectivity index (χ2v) is 7.79. The van der Waals surface area contributed by atoms with Gasteiger partial charge in [-0.25, -0.2) is 9.37 Å². The number of rotatable bonds is 6. The molecule has 0 radical (unpaired) electrons. The van der Waals surface area contributed by atoms with Crippen molar-refractivity contribution in [2.75, 3.05) is 11.9 Å². The molecular formula is C21H23FN4O4. The maximum Gasteiger partial charge on any atom is 0.265 e. The van der Waals surface area contributed by atoms with Crippen LogP contribution in [0.15, 0.2) is 24.4 Å². The Balaban J connectivity index is 1.93. The first kappa shape index (κ1) is 21.3. The highest BCUT2D eigenvalue weighted by atomic mass is 19.1. The van der Waals surface area contributed by atoms with Crippen LogP contribution in [0, 0.1) is 11.3 Å². The molecule has 2 aromatic rings. The molecule has 1 unspecified atom stereocenters. The van der Waals surface area contributed by atoms with E-state index in [9.17, 15) is 14.3 Å². The molecule has 0 aliphatic carbocycles. The van der Waals surface area contributed by atoms with Gasteiger partial charge in [0, 0.05) is 18.3 Å². The SMILES string of the molecule is CC(C)Nc1c(C(=O)NCC(F)C(C)(C)O)cnc2c1Oc1ccc(C#N)cc1O2. The maximum atomic E-state index is 14.0. The molecule has 1 aromatic carbocycles. The van der Waals surface area contributed by atoms with Gasteiger partial charge in [-0.1, -0.05) is 0 Å². The number of nitrogens with one attached hydrogen (secondary N) is 2. The molecule has 1 atom stereocenters. The Morgan fingerprint density at radius 2 is 2.07 bits per heavy atom. The fourth-order valence-electron chi connectivity index (χ4n) is 2.73. The number of nitriles is 1. The Labute approximate surface area is 173 Å². The van der Waals surface area contributed by atoms with Crippen LogP contribution in [0.1, 0.15) is 43.6 Å². The van der Waals surface area contributed by atoms with Crippen molar-refractivity contribution in [2.24, 2.45) is 0 Å². The van der Waals surface area contributed by atoms with Crippen molar-refractivity contribution in [1.29, 1.82) is 5.26 Å². The van der Waals surface area contributed by atoms with Crippen molar-refractivity contribution in [3.8, 4) is 29.2 Å². The average molecular weight is 414 g/mol. The Kier molecular flexibility index (Phi) is 5.80. The number of hydrogen-bond donors (Lipinski definition) is 3. The minimum Gasteiger partial charge on any atom is -0.445 e. The van der Waals surface area contributed by atoms with Crippen molar-refractivity contribution in [3.63, 3.8) is 0 Å². The molecule has 0 bridgehead atoms. The number of amides is 1. The highest BCUT2D eigenvalue weighted by Gasteiger charge is 2.30. The Bertz CT molecular complexity index is 1010. The van der Waals surface area contributed by atoms with E-state index >= 15 is 0 Å². The zero-order valence-electron chi connectivity index (χ0n) is 17.1. The summed E-state index contributed by atoms with van der Waals surface area (Å²) < 4.78 is 25.7. The van der Waals surface area contributed by atoms with Crippen LogP contribution in [-0.4, -0.2) is 40.4 Å². The topological polar surface area (TPSA) is 117 Å². The van der Waals surface area contributed by atoms with Crippen LogP contribution >= 0.6 is 0 Å². The summed E-state index contributed by atoms with van der Waals surface area (Å²) in [6, 6.07) is 6.69. The van der Waals surface area contributed by atoms with Gasteiger partial charge in [0.1, 0.15) is 6.17 Å². The van der Waals surface area contributed by atoms with Gasteiger partial charge < -0.3 is 25.2 Å². The third-order valence-corrected chi connectivity index (χ3v) is 4.38. The van der Waals surface area contributed by atoms with Gasteiger partial charge in [0.2, 0.25) is 5.75 Å². The zero-order chi connectivity index (χ0) is 22.1. The van der Waals surface area contributed by atoms with E-state index in [4.69, 9.17) is 14.7 Å². The first-order valence-electron chi connectivity index (χ1n) is 9.44. The number of ether oxygens (including phenoxy) is 2. The lowest BCUT2D eigenvalue weighted by atomic mass is 10.0. The number of carbonyl (C=O) groups excluding carboxylic acids is 1. The second kappa shape index (κ2) is 8.16. The van der Waals surface area contributed by atoms with Crippen LogP contribution in [0.4, 0.5) is 10.1 Å². The molecule has 1 aliphatic rings. The van der Waals surface area contributed by atoms with E-state index in [0.29, 0.717) is 22.7 Å². The number of nitrogens with zero attached hydrogens (tertiary/aromatic N) is 2. The zero-order valence-corrected chi connectivity index (χ0v) is 17.1. The quantitative estimate of drug-likeness (QED) is 0.565. The van der Waals surface area contributed by atoms with Gasteiger partial charge in [-0.05, 0) is 39.8 Å². The maximum absolute atomic E-state index is 14.0. The molecule has 8 nitrogen and oxygen atoms in total. The fourth-order valence-corrected chi connectivity index (χ4v) is 2.73. The summed E-state index contributed by atoms with van der Waals surface area (Å²) >= 11 is 0. The van der Waals surface area contributed by atoms with Crippen molar-refractivity contribution >= 4 is 11.6 Å². The number of fused-ring (bicyclic) bond motifs is 2. The number of benzene rings is 1. The standard InChI is InChI=1S/C21H23FN4O4/c1-11(2)26-17-13(19(27)24-10-16(22)21(3,4)28)9-25-20-18(17)29-14-6-5-12(8-23)7-15(14)30-20/h5-7,9,11,16,28H,10H2,1-4H3,(H,24,27)(H,25,26). The smallest absolute Gasteiger partial charge is 0.265 e. The van der Waals surface area contributed by atoms with Crippen LogP contribution in [0.25, 0.3) is 0 Å². The molecule has 3 rings (SSSR count). The number of halogens is 1. The van der Waals surface area contributed by atoms with Crippen molar-refractivity contribution in [1.82, 2.24) is 10.3 Å². The normalized spacial score (nSPS) is 13.3. The first-order valence-corrected chi connectivity index (χ1v) is 9.44. The number of pyridine rings is 1. The summed E-state index contributed by atoms with van der Waals surface area (Å²) in [4.78, 5) is 16.9. The molecular weight excluding hydrogens is 391 g/mol. The number of hydrogen-bond acceptors (Lipinski definition) is 7. The molecule has 158 valence electrons. The summed E-state index contributed by atoms with van der Waals surface area (Å²) in [7, 11) is 0. The van der Waals surface area contributed by atoms with Crippen molar-refractivity contribution in [3.05, 3.63) is 35.5 Å². The third-order valence-electron chi connectivity index (χ3n) is 4.38. The number of aromatic nitrogens is 1. The number of alkyl halides is 1. The van der Waals surface area contributed by atoms with Gasteiger partial charge in [0.25, 0.3) is 11.8 Å². The van der Waals surface area contributed by atoms with Gasteiger partial charge in [0.15, 0.2) is 11.5 Å². The number of carbonyl (C=O) groups is 1. The Morgan fingerprint density at radius 1 is 1.33 bits per heavy atom. The summed E-state index contributed by atoms with van der Waals surface area (Å²) in [6.45, 7) is 6.07. The van der Waals surface area contributed by atoms with Crippen LogP contribution < -0.4 is 20.1 Å². The summed E-state index contributed by atoms with van der Waals surface area (Å²) in [5.41, 5.74) is -0.680. The van der Waals surface area contributed by atoms with E-state index in [2.05, 4.69) is 15.6 Å². The molecule has 0 fully saturated rings. The van der Waals surface area contributed by atoms with Gasteiger partial charge in [-0.3, -0.25) is 4.79 Å². The predicted octanol–water partition coefficient (Wildman–Crippen LogP) is 3.51. The molecule has 1 amide bonds. The predicted molar refractivity (Wildman–Crippen MR) is 108 cm³/mol. The minimum atomic E-state index is -1.64. The Morgan fingerprint density at radius 3 is 2.70 bits per heavy atom. The minimum absolute atomic E-state index is 0.0562. The lowest BCUT2D eigenvalue weighted by Gasteiger charge is -2.25. The second-order valence-electron chi connectivity index (χ2n) is 7.79. The van der Waals surface area contributed by atoms with Crippen molar-refractivity contribution < 1.29 is 23.8 Å².